The van der Waals surface area contributed by atoms with Crippen LogP contribution < -0.4 is 5.73 Å². The number of hydrogen-bond donors (Lipinski definition) is 3. The number of phosphoric ester groups is 1. The SMILES string of the molecule is CCCCC/C=C\CC(O)/C=C/C=C\C/C=C\CCCC(=O)OC(COC(=O)CCCCCCC/C=C\CCCCCCCC)COP(=O)(O)OCCN. The summed E-state index contributed by atoms with van der Waals surface area (Å²) < 4.78 is 32.6. The maximum Gasteiger partial charge on any atom is 0.472 e. The van der Waals surface area contributed by atoms with Gasteiger partial charge in [0.25, 0.3) is 0 Å². The third-order valence-electron chi connectivity index (χ3n) is 8.46. The van der Waals surface area contributed by atoms with Gasteiger partial charge in [0, 0.05) is 19.4 Å². The van der Waals surface area contributed by atoms with Crippen molar-refractivity contribution in [1.29, 1.82) is 0 Å². The Labute approximate surface area is 328 Å². The van der Waals surface area contributed by atoms with Crippen molar-refractivity contribution in [2.24, 2.45) is 5.73 Å². The maximum atomic E-state index is 12.5. The molecule has 0 aliphatic carbocycles. The Bertz CT molecular complexity index is 1090. The van der Waals surface area contributed by atoms with E-state index in [1.165, 1.54) is 64.2 Å². The number of esters is 2. The highest BCUT2D eigenvalue weighted by Crippen LogP contribution is 2.43. The molecule has 11 heteroatoms. The zero-order chi connectivity index (χ0) is 39.8. The zero-order valence-corrected chi connectivity index (χ0v) is 34.7. The molecule has 0 saturated carbocycles. The molecule has 54 heavy (non-hydrogen) atoms. The molecule has 0 fully saturated rings. The second-order valence-electron chi connectivity index (χ2n) is 13.7. The van der Waals surface area contributed by atoms with Gasteiger partial charge in [-0.05, 0) is 70.6 Å². The highest BCUT2D eigenvalue weighted by atomic mass is 31.2. The average molecular weight is 782 g/mol. The molecule has 0 amide bonds. The molecule has 3 unspecified atom stereocenters. The van der Waals surface area contributed by atoms with Crippen LogP contribution in [0.2, 0.25) is 0 Å². The predicted molar refractivity (Wildman–Crippen MR) is 221 cm³/mol. The van der Waals surface area contributed by atoms with Crippen LogP contribution in [0.15, 0.2) is 60.8 Å². The van der Waals surface area contributed by atoms with Crippen LogP contribution in [-0.4, -0.2) is 60.5 Å². The van der Waals surface area contributed by atoms with E-state index < -0.39 is 38.6 Å². The van der Waals surface area contributed by atoms with Crippen LogP contribution in [0.5, 0.6) is 0 Å². The van der Waals surface area contributed by atoms with E-state index in [9.17, 15) is 24.2 Å². The summed E-state index contributed by atoms with van der Waals surface area (Å²) in [6.07, 6.45) is 41.4. The molecule has 10 nitrogen and oxygen atoms in total. The van der Waals surface area contributed by atoms with Crippen molar-refractivity contribution in [2.45, 2.75) is 174 Å². The number of phosphoric acid groups is 1. The van der Waals surface area contributed by atoms with Crippen molar-refractivity contribution in [3.05, 3.63) is 60.8 Å². The van der Waals surface area contributed by atoms with Gasteiger partial charge in [-0.25, -0.2) is 4.57 Å². The molecule has 0 rings (SSSR count). The van der Waals surface area contributed by atoms with Crippen molar-refractivity contribution in [2.75, 3.05) is 26.4 Å². The Morgan fingerprint density at radius 1 is 0.648 bits per heavy atom. The van der Waals surface area contributed by atoms with Crippen molar-refractivity contribution >= 4 is 19.8 Å². The van der Waals surface area contributed by atoms with E-state index in [0.717, 1.165) is 44.9 Å². The van der Waals surface area contributed by atoms with E-state index in [1.54, 1.807) is 6.08 Å². The number of hydrogen-bond acceptors (Lipinski definition) is 9. The van der Waals surface area contributed by atoms with Crippen LogP contribution in [-0.2, 0) is 32.7 Å². The minimum atomic E-state index is -4.41. The van der Waals surface area contributed by atoms with Crippen LogP contribution in [0.1, 0.15) is 162 Å². The Morgan fingerprint density at radius 3 is 1.89 bits per heavy atom. The van der Waals surface area contributed by atoms with Gasteiger partial charge in [-0.1, -0.05) is 139 Å². The van der Waals surface area contributed by atoms with Gasteiger partial charge in [-0.15, -0.1) is 0 Å². The topological polar surface area (TPSA) is 155 Å². The number of aliphatic hydroxyl groups excluding tert-OH is 1. The predicted octanol–water partition coefficient (Wildman–Crippen LogP) is 10.7. The lowest BCUT2D eigenvalue weighted by Gasteiger charge is -2.19. The Kier molecular flexibility index (Phi) is 37.2. The van der Waals surface area contributed by atoms with Crippen molar-refractivity contribution in [3.8, 4) is 0 Å². The summed E-state index contributed by atoms with van der Waals surface area (Å²) in [5.41, 5.74) is 5.33. The number of nitrogens with two attached hydrogens (primary N) is 1. The van der Waals surface area contributed by atoms with Crippen LogP contribution in [0.3, 0.4) is 0 Å². The van der Waals surface area contributed by atoms with Gasteiger partial charge in [0.15, 0.2) is 6.10 Å². The van der Waals surface area contributed by atoms with Gasteiger partial charge in [0.05, 0.1) is 19.3 Å². The van der Waals surface area contributed by atoms with E-state index in [0.29, 0.717) is 25.7 Å². The fraction of sp³-hybridized carbons (Fsp3) is 0.721. The van der Waals surface area contributed by atoms with Gasteiger partial charge >= 0.3 is 19.8 Å². The molecule has 0 heterocycles. The Hall–Kier alpha value is -2.33. The van der Waals surface area contributed by atoms with E-state index in [4.69, 9.17) is 24.3 Å². The third-order valence-corrected chi connectivity index (χ3v) is 9.44. The van der Waals surface area contributed by atoms with E-state index in [2.05, 4.69) is 32.1 Å². The zero-order valence-electron chi connectivity index (χ0n) is 33.8. The number of carbonyl (C=O) groups is 2. The number of rotatable bonds is 38. The molecule has 312 valence electrons. The summed E-state index contributed by atoms with van der Waals surface area (Å²) in [4.78, 5) is 34.8. The van der Waals surface area contributed by atoms with Crippen LogP contribution >= 0.6 is 7.82 Å². The lowest BCUT2D eigenvalue weighted by Crippen LogP contribution is -2.29. The largest absolute Gasteiger partial charge is 0.472 e. The summed E-state index contributed by atoms with van der Waals surface area (Å²) in [5.74, 6) is -0.947. The summed E-state index contributed by atoms with van der Waals surface area (Å²) in [7, 11) is -4.41. The molecule has 0 aliphatic rings. The first-order chi connectivity index (χ1) is 26.2. The monoisotopic (exact) mass is 782 g/mol. The Morgan fingerprint density at radius 2 is 1.20 bits per heavy atom. The van der Waals surface area contributed by atoms with Gasteiger partial charge in [-0.3, -0.25) is 18.6 Å². The first-order valence-electron chi connectivity index (χ1n) is 20.9. The van der Waals surface area contributed by atoms with Gasteiger partial charge in [0.1, 0.15) is 6.61 Å². The molecule has 0 bridgehead atoms. The van der Waals surface area contributed by atoms with Gasteiger partial charge in [-0.2, -0.15) is 0 Å². The average Bonchev–Trinajstić information content (AvgIpc) is 3.15. The Balaban J connectivity index is 4.37. The molecule has 0 aromatic heterocycles. The molecule has 0 radical (unpaired) electrons. The number of ether oxygens (including phenoxy) is 2. The minimum Gasteiger partial charge on any atom is -0.462 e. The second kappa shape index (κ2) is 38.9. The quantitative estimate of drug-likeness (QED) is 0.0181. The summed E-state index contributed by atoms with van der Waals surface area (Å²) in [6.45, 7) is 3.51. The van der Waals surface area contributed by atoms with E-state index >= 15 is 0 Å². The molecule has 0 spiro atoms. The van der Waals surface area contributed by atoms with Gasteiger partial charge in [0.2, 0.25) is 0 Å². The lowest BCUT2D eigenvalue weighted by molar-refractivity contribution is -0.161. The molecule has 0 aromatic carbocycles. The molecule has 0 saturated heterocycles. The first kappa shape index (κ1) is 51.7. The second-order valence-corrected chi connectivity index (χ2v) is 15.2. The number of unbranched alkanes of at least 4 members (excludes halogenated alkanes) is 15. The first-order valence-corrected chi connectivity index (χ1v) is 22.4. The molecular formula is C43H76NO9P. The number of aliphatic hydroxyl groups is 1. The fourth-order valence-corrected chi connectivity index (χ4v) is 6.06. The standard InChI is InChI=1S/C43H76NO9P/c1-3-5-7-9-11-12-13-14-15-16-17-18-22-26-30-34-42(46)50-38-41(39-52-54(48,49)51-37-36-44)53-43(47)35-31-27-23-20-19-21-25-29-33-40(45)32-28-24-10-8-6-4-2/h14-15,20-21,23-25,28-29,33,40-41,45H,3-13,16-19,22,26-27,30-32,34-39,44H2,1-2H3,(H,48,49)/b15-14-,23-20-,25-21-,28-24-,33-29+. The van der Waals surface area contributed by atoms with E-state index in [-0.39, 0.29) is 32.6 Å². The molecular weight excluding hydrogens is 705 g/mol. The van der Waals surface area contributed by atoms with E-state index in [1.807, 2.05) is 36.5 Å². The van der Waals surface area contributed by atoms with Gasteiger partial charge < -0.3 is 25.2 Å². The highest BCUT2D eigenvalue weighted by molar-refractivity contribution is 7.47. The molecule has 0 aliphatic heterocycles. The summed E-state index contributed by atoms with van der Waals surface area (Å²) in [6, 6.07) is 0. The number of allylic oxidation sites excluding steroid dienone is 8. The van der Waals surface area contributed by atoms with Crippen LogP contribution in [0.4, 0.5) is 0 Å². The molecule has 4 N–H and O–H groups in total. The highest BCUT2D eigenvalue weighted by Gasteiger charge is 2.25. The van der Waals surface area contributed by atoms with Crippen LogP contribution in [0.25, 0.3) is 0 Å². The smallest absolute Gasteiger partial charge is 0.462 e. The van der Waals surface area contributed by atoms with Crippen LogP contribution in [0, 0.1) is 0 Å². The third kappa shape index (κ3) is 38.0. The maximum absolute atomic E-state index is 12.5. The molecule has 3 atom stereocenters. The number of carbonyl (C=O) groups excluding carboxylic acids is 2. The normalized spacial score (nSPS) is 14.5. The summed E-state index contributed by atoms with van der Waals surface area (Å²) >= 11 is 0. The lowest BCUT2D eigenvalue weighted by atomic mass is 10.1. The fourth-order valence-electron chi connectivity index (χ4n) is 5.29. The summed E-state index contributed by atoms with van der Waals surface area (Å²) in [5, 5.41) is 10.0. The molecule has 0 aromatic rings. The van der Waals surface area contributed by atoms with Crippen molar-refractivity contribution < 1.29 is 42.7 Å². The minimum absolute atomic E-state index is 0.0313. The van der Waals surface area contributed by atoms with Crippen molar-refractivity contribution in [1.82, 2.24) is 0 Å². The van der Waals surface area contributed by atoms with Crippen molar-refractivity contribution in [3.63, 3.8) is 0 Å².